The summed E-state index contributed by atoms with van der Waals surface area (Å²) in [6.45, 7) is 0.157. The van der Waals surface area contributed by atoms with E-state index in [4.69, 9.17) is 10.2 Å². The molecule has 2 amide bonds. The van der Waals surface area contributed by atoms with Gasteiger partial charge in [0.15, 0.2) is 0 Å². The fraction of sp³-hybridized carbons (Fsp3) is 0.455. The Balaban J connectivity index is 2.25. The third-order valence-corrected chi connectivity index (χ3v) is 3.19. The second kappa shape index (κ2) is 7.67. The standard InChI is InChI=1S/C11H16N2O4S/c14-6-4-9(10(15)16)13-11(17)12-5-3-8-2-1-7-18-8/h1-2,7,9,14H,3-6H2,(H,15,16)(H2,12,13,17)/t9-/m1/s1. The first-order valence-electron chi connectivity index (χ1n) is 5.54. The van der Waals surface area contributed by atoms with Crippen LogP contribution in [0.15, 0.2) is 17.5 Å². The van der Waals surface area contributed by atoms with Crippen LogP contribution < -0.4 is 10.6 Å². The van der Waals surface area contributed by atoms with Crippen molar-refractivity contribution in [3.63, 3.8) is 0 Å². The maximum Gasteiger partial charge on any atom is 0.326 e. The molecule has 4 N–H and O–H groups in total. The molecule has 0 aliphatic carbocycles. The number of hydrogen-bond acceptors (Lipinski definition) is 4. The van der Waals surface area contributed by atoms with Crippen molar-refractivity contribution in [2.75, 3.05) is 13.2 Å². The van der Waals surface area contributed by atoms with Gasteiger partial charge >= 0.3 is 12.0 Å². The molecule has 0 aromatic carbocycles. The molecule has 0 unspecified atom stereocenters. The van der Waals surface area contributed by atoms with Crippen LogP contribution in [-0.2, 0) is 11.2 Å². The average Bonchev–Trinajstić information content (AvgIpc) is 2.81. The van der Waals surface area contributed by atoms with E-state index >= 15 is 0 Å². The van der Waals surface area contributed by atoms with Gasteiger partial charge in [0, 0.05) is 24.4 Å². The normalized spacial score (nSPS) is 11.8. The smallest absolute Gasteiger partial charge is 0.326 e. The van der Waals surface area contributed by atoms with Crippen LogP contribution in [0, 0.1) is 0 Å². The summed E-state index contributed by atoms with van der Waals surface area (Å²) in [7, 11) is 0. The van der Waals surface area contributed by atoms with E-state index in [1.165, 1.54) is 0 Å². The Hall–Kier alpha value is -1.60. The summed E-state index contributed by atoms with van der Waals surface area (Å²) in [5, 5.41) is 24.3. The average molecular weight is 272 g/mol. The van der Waals surface area contributed by atoms with Crippen LogP contribution in [0.5, 0.6) is 0 Å². The Morgan fingerprint density at radius 3 is 2.78 bits per heavy atom. The third-order valence-electron chi connectivity index (χ3n) is 2.26. The lowest BCUT2D eigenvalue weighted by atomic mass is 10.2. The molecule has 0 spiro atoms. The summed E-state index contributed by atoms with van der Waals surface area (Å²) in [4.78, 5) is 23.3. The largest absolute Gasteiger partial charge is 0.480 e. The number of amides is 2. The van der Waals surface area contributed by atoms with E-state index in [0.717, 1.165) is 4.88 Å². The molecule has 1 aromatic rings. The van der Waals surface area contributed by atoms with Gasteiger partial charge in [0.2, 0.25) is 0 Å². The number of carbonyl (C=O) groups is 2. The quantitative estimate of drug-likeness (QED) is 0.578. The van der Waals surface area contributed by atoms with Gasteiger partial charge in [0.25, 0.3) is 0 Å². The first-order valence-corrected chi connectivity index (χ1v) is 6.42. The van der Waals surface area contributed by atoms with Crippen LogP contribution in [-0.4, -0.2) is 41.4 Å². The highest BCUT2D eigenvalue weighted by atomic mass is 32.1. The van der Waals surface area contributed by atoms with Crippen LogP contribution in [0.4, 0.5) is 4.79 Å². The van der Waals surface area contributed by atoms with Crippen LogP contribution in [0.2, 0.25) is 0 Å². The van der Waals surface area contributed by atoms with Crippen LogP contribution in [0.1, 0.15) is 11.3 Å². The molecular weight excluding hydrogens is 256 g/mol. The number of aliphatic hydroxyl groups is 1. The lowest BCUT2D eigenvalue weighted by Crippen LogP contribution is -2.46. The first kappa shape index (κ1) is 14.5. The number of rotatable bonds is 7. The highest BCUT2D eigenvalue weighted by Gasteiger charge is 2.18. The molecule has 0 aliphatic rings. The van der Waals surface area contributed by atoms with Crippen molar-refractivity contribution >= 4 is 23.3 Å². The van der Waals surface area contributed by atoms with Crippen LogP contribution >= 0.6 is 11.3 Å². The van der Waals surface area contributed by atoms with Gasteiger partial charge < -0.3 is 20.8 Å². The maximum atomic E-state index is 11.4. The van der Waals surface area contributed by atoms with E-state index < -0.39 is 18.0 Å². The number of hydrogen-bond donors (Lipinski definition) is 4. The monoisotopic (exact) mass is 272 g/mol. The van der Waals surface area contributed by atoms with E-state index in [9.17, 15) is 9.59 Å². The molecule has 0 aliphatic heterocycles. The topological polar surface area (TPSA) is 98.7 Å². The minimum absolute atomic E-state index is 0.00627. The van der Waals surface area contributed by atoms with Crippen molar-refractivity contribution in [2.24, 2.45) is 0 Å². The highest BCUT2D eigenvalue weighted by Crippen LogP contribution is 2.07. The van der Waals surface area contributed by atoms with Gasteiger partial charge in [-0.3, -0.25) is 0 Å². The van der Waals surface area contributed by atoms with Crippen molar-refractivity contribution in [1.29, 1.82) is 0 Å². The number of carbonyl (C=O) groups excluding carboxylic acids is 1. The van der Waals surface area contributed by atoms with Crippen LogP contribution in [0.25, 0.3) is 0 Å². The fourth-order valence-corrected chi connectivity index (χ4v) is 2.06. The zero-order valence-electron chi connectivity index (χ0n) is 9.76. The van der Waals surface area contributed by atoms with E-state index in [1.54, 1.807) is 11.3 Å². The molecule has 0 saturated carbocycles. The molecule has 1 heterocycles. The molecule has 1 atom stereocenters. The lowest BCUT2D eigenvalue weighted by molar-refractivity contribution is -0.139. The second-order valence-electron chi connectivity index (χ2n) is 3.63. The van der Waals surface area contributed by atoms with Gasteiger partial charge in [-0.15, -0.1) is 11.3 Å². The van der Waals surface area contributed by atoms with E-state index in [1.807, 2.05) is 17.5 Å². The zero-order chi connectivity index (χ0) is 13.4. The van der Waals surface area contributed by atoms with Crippen molar-refractivity contribution in [3.8, 4) is 0 Å². The SMILES string of the molecule is O=C(NCCc1cccs1)N[C@H](CCO)C(=O)O. The van der Waals surface area contributed by atoms with Crippen molar-refractivity contribution < 1.29 is 19.8 Å². The van der Waals surface area contributed by atoms with Gasteiger partial charge in [-0.2, -0.15) is 0 Å². The lowest BCUT2D eigenvalue weighted by Gasteiger charge is -2.13. The highest BCUT2D eigenvalue weighted by molar-refractivity contribution is 7.09. The Morgan fingerprint density at radius 2 is 2.22 bits per heavy atom. The predicted molar refractivity (Wildman–Crippen MR) is 67.7 cm³/mol. The molecule has 18 heavy (non-hydrogen) atoms. The minimum atomic E-state index is -1.16. The number of aliphatic carboxylic acids is 1. The summed E-state index contributed by atoms with van der Waals surface area (Å²) in [6, 6.07) is 2.31. The summed E-state index contributed by atoms with van der Waals surface area (Å²) in [6.07, 6.45) is 0.705. The Bertz CT molecular complexity index is 380. The first-order chi connectivity index (χ1) is 8.63. The summed E-state index contributed by atoms with van der Waals surface area (Å²) < 4.78 is 0. The van der Waals surface area contributed by atoms with Gasteiger partial charge in [-0.25, -0.2) is 9.59 Å². The molecule has 0 bridgehead atoms. The molecule has 0 fully saturated rings. The van der Waals surface area contributed by atoms with Gasteiger partial charge in [0.05, 0.1) is 0 Å². The van der Waals surface area contributed by atoms with E-state index in [2.05, 4.69) is 10.6 Å². The second-order valence-corrected chi connectivity index (χ2v) is 4.66. The van der Waals surface area contributed by atoms with Crippen molar-refractivity contribution in [2.45, 2.75) is 18.9 Å². The number of nitrogens with one attached hydrogen (secondary N) is 2. The zero-order valence-corrected chi connectivity index (χ0v) is 10.6. The molecule has 0 saturated heterocycles. The number of thiophene rings is 1. The Morgan fingerprint density at radius 1 is 1.44 bits per heavy atom. The third kappa shape index (κ3) is 5.15. The van der Waals surface area contributed by atoms with Crippen molar-refractivity contribution in [1.82, 2.24) is 10.6 Å². The summed E-state index contributed by atoms with van der Waals surface area (Å²) >= 11 is 1.60. The summed E-state index contributed by atoms with van der Waals surface area (Å²) in [5.74, 6) is -1.16. The molecule has 1 rings (SSSR count). The molecule has 6 nitrogen and oxygen atoms in total. The Labute approximate surface area is 109 Å². The molecule has 100 valence electrons. The van der Waals surface area contributed by atoms with Gasteiger partial charge in [-0.1, -0.05) is 6.07 Å². The van der Waals surface area contributed by atoms with Crippen molar-refractivity contribution in [3.05, 3.63) is 22.4 Å². The van der Waals surface area contributed by atoms with Gasteiger partial charge in [-0.05, 0) is 17.9 Å². The minimum Gasteiger partial charge on any atom is -0.480 e. The van der Waals surface area contributed by atoms with Crippen LogP contribution in [0.3, 0.4) is 0 Å². The number of urea groups is 1. The van der Waals surface area contributed by atoms with E-state index in [0.29, 0.717) is 13.0 Å². The maximum absolute atomic E-state index is 11.4. The molecule has 1 aromatic heterocycles. The molecular formula is C11H16N2O4S. The number of carboxylic acid groups (broad SMARTS) is 1. The fourth-order valence-electron chi connectivity index (χ4n) is 1.35. The molecule has 0 radical (unpaired) electrons. The number of aliphatic hydroxyl groups excluding tert-OH is 1. The summed E-state index contributed by atoms with van der Waals surface area (Å²) in [5.41, 5.74) is 0. The van der Waals surface area contributed by atoms with Gasteiger partial charge in [0.1, 0.15) is 6.04 Å². The van der Waals surface area contributed by atoms with E-state index in [-0.39, 0.29) is 13.0 Å². The predicted octanol–water partition coefficient (Wildman–Crippen LogP) is 0.425. The molecule has 7 heteroatoms. The Kier molecular flexibility index (Phi) is 6.16. The number of carboxylic acids is 1.